The summed E-state index contributed by atoms with van der Waals surface area (Å²) in [5, 5.41) is 0. The molecule has 1 aliphatic heterocycles. The Morgan fingerprint density at radius 2 is 1.46 bits per heavy atom. The molecule has 1 aromatic carbocycles. The summed E-state index contributed by atoms with van der Waals surface area (Å²) in [5.74, 6) is -0.128. The lowest BCUT2D eigenvalue weighted by Gasteiger charge is -2.34. The summed E-state index contributed by atoms with van der Waals surface area (Å²) >= 11 is 0. The molecular formula is C20H24N4O2. The fourth-order valence-electron chi connectivity index (χ4n) is 2.98. The molecule has 6 heteroatoms. The standard InChI is InChI=1S/C20H24N4O2/c1-20(2,3)16-6-4-15(5-7-16)18(25)23-10-12-24(13-11-23)19(26)17-14-21-8-9-22-17/h4-9,14H,10-13H2,1-3H3. The van der Waals surface area contributed by atoms with E-state index in [9.17, 15) is 9.59 Å². The van der Waals surface area contributed by atoms with Crippen molar-refractivity contribution < 1.29 is 9.59 Å². The van der Waals surface area contributed by atoms with E-state index < -0.39 is 0 Å². The second-order valence-corrected chi connectivity index (χ2v) is 7.50. The third kappa shape index (κ3) is 3.90. The molecule has 0 radical (unpaired) electrons. The summed E-state index contributed by atoms with van der Waals surface area (Å²) in [6, 6.07) is 7.81. The van der Waals surface area contributed by atoms with Gasteiger partial charge in [-0.25, -0.2) is 4.98 Å². The van der Waals surface area contributed by atoms with Gasteiger partial charge in [0.25, 0.3) is 11.8 Å². The van der Waals surface area contributed by atoms with Gasteiger partial charge in [0, 0.05) is 44.1 Å². The van der Waals surface area contributed by atoms with E-state index in [1.54, 1.807) is 9.80 Å². The topological polar surface area (TPSA) is 66.4 Å². The van der Waals surface area contributed by atoms with Crippen molar-refractivity contribution in [2.24, 2.45) is 0 Å². The van der Waals surface area contributed by atoms with Gasteiger partial charge in [-0.05, 0) is 23.1 Å². The summed E-state index contributed by atoms with van der Waals surface area (Å²) in [5.41, 5.74) is 2.29. The van der Waals surface area contributed by atoms with Gasteiger partial charge in [-0.1, -0.05) is 32.9 Å². The third-order valence-corrected chi connectivity index (χ3v) is 4.63. The number of aromatic nitrogens is 2. The normalized spacial score (nSPS) is 15.0. The van der Waals surface area contributed by atoms with Crippen LogP contribution in [0.5, 0.6) is 0 Å². The van der Waals surface area contributed by atoms with Crippen LogP contribution in [-0.2, 0) is 5.41 Å². The van der Waals surface area contributed by atoms with Gasteiger partial charge in [-0.2, -0.15) is 0 Å². The molecule has 0 unspecified atom stereocenters. The molecule has 136 valence electrons. The minimum Gasteiger partial charge on any atom is -0.335 e. The molecule has 0 N–H and O–H groups in total. The largest absolute Gasteiger partial charge is 0.335 e. The number of piperazine rings is 1. The fourth-order valence-corrected chi connectivity index (χ4v) is 2.98. The average Bonchev–Trinajstić information content (AvgIpc) is 2.67. The van der Waals surface area contributed by atoms with Crippen LogP contribution >= 0.6 is 0 Å². The van der Waals surface area contributed by atoms with E-state index in [1.165, 1.54) is 24.2 Å². The first kappa shape index (κ1) is 18.0. The van der Waals surface area contributed by atoms with E-state index in [1.807, 2.05) is 24.3 Å². The Bertz CT molecular complexity index is 774. The lowest BCUT2D eigenvalue weighted by molar-refractivity contribution is 0.0532. The zero-order valence-corrected chi connectivity index (χ0v) is 15.5. The highest BCUT2D eigenvalue weighted by Crippen LogP contribution is 2.22. The van der Waals surface area contributed by atoms with Gasteiger partial charge in [-0.3, -0.25) is 14.6 Å². The van der Waals surface area contributed by atoms with Crippen LogP contribution in [0.1, 0.15) is 47.2 Å². The summed E-state index contributed by atoms with van der Waals surface area (Å²) < 4.78 is 0. The molecule has 1 fully saturated rings. The highest BCUT2D eigenvalue weighted by molar-refractivity contribution is 5.95. The Morgan fingerprint density at radius 1 is 0.885 bits per heavy atom. The predicted molar refractivity (Wildman–Crippen MR) is 99.0 cm³/mol. The summed E-state index contributed by atoms with van der Waals surface area (Å²) in [6.07, 6.45) is 4.52. The number of hydrogen-bond donors (Lipinski definition) is 0. The molecule has 0 atom stereocenters. The maximum absolute atomic E-state index is 12.7. The number of carbonyl (C=O) groups is 2. The molecule has 0 bridgehead atoms. The Morgan fingerprint density at radius 3 is 1.96 bits per heavy atom. The van der Waals surface area contributed by atoms with Crippen molar-refractivity contribution in [1.29, 1.82) is 0 Å². The van der Waals surface area contributed by atoms with E-state index in [2.05, 4.69) is 30.7 Å². The molecule has 1 aliphatic rings. The van der Waals surface area contributed by atoms with Gasteiger partial charge < -0.3 is 9.80 Å². The molecule has 2 amide bonds. The van der Waals surface area contributed by atoms with Crippen LogP contribution in [0.2, 0.25) is 0 Å². The number of benzene rings is 1. The summed E-state index contributed by atoms with van der Waals surface area (Å²) in [7, 11) is 0. The molecule has 0 aliphatic carbocycles. The van der Waals surface area contributed by atoms with Gasteiger partial charge in [-0.15, -0.1) is 0 Å². The molecule has 2 heterocycles. The number of nitrogens with zero attached hydrogens (tertiary/aromatic N) is 4. The molecule has 0 spiro atoms. The lowest BCUT2D eigenvalue weighted by Crippen LogP contribution is -2.50. The van der Waals surface area contributed by atoms with E-state index in [0.29, 0.717) is 37.4 Å². The van der Waals surface area contributed by atoms with Crippen LogP contribution in [-0.4, -0.2) is 57.8 Å². The molecule has 1 saturated heterocycles. The Labute approximate surface area is 153 Å². The van der Waals surface area contributed by atoms with Gasteiger partial charge in [0.2, 0.25) is 0 Å². The summed E-state index contributed by atoms with van der Waals surface area (Å²) in [4.78, 5) is 36.6. The van der Waals surface area contributed by atoms with E-state index in [0.717, 1.165) is 0 Å². The molecule has 2 aromatic rings. The first-order valence-corrected chi connectivity index (χ1v) is 8.81. The van der Waals surface area contributed by atoms with Crippen molar-refractivity contribution in [2.45, 2.75) is 26.2 Å². The number of hydrogen-bond acceptors (Lipinski definition) is 4. The maximum atomic E-state index is 12.7. The van der Waals surface area contributed by atoms with Gasteiger partial charge in [0.05, 0.1) is 6.20 Å². The molecular weight excluding hydrogens is 328 g/mol. The zero-order chi connectivity index (χ0) is 18.7. The van der Waals surface area contributed by atoms with Crippen molar-refractivity contribution in [1.82, 2.24) is 19.8 Å². The second-order valence-electron chi connectivity index (χ2n) is 7.50. The summed E-state index contributed by atoms with van der Waals surface area (Å²) in [6.45, 7) is 8.49. The second kappa shape index (κ2) is 7.23. The van der Waals surface area contributed by atoms with Crippen LogP contribution in [0, 0.1) is 0 Å². The van der Waals surface area contributed by atoms with E-state index in [-0.39, 0.29) is 17.2 Å². The van der Waals surface area contributed by atoms with Crippen LogP contribution < -0.4 is 0 Å². The monoisotopic (exact) mass is 352 g/mol. The number of carbonyl (C=O) groups excluding carboxylic acids is 2. The molecule has 6 nitrogen and oxygen atoms in total. The number of rotatable bonds is 2. The van der Waals surface area contributed by atoms with Crippen LogP contribution in [0.15, 0.2) is 42.9 Å². The first-order valence-electron chi connectivity index (χ1n) is 8.81. The minimum absolute atomic E-state index is 0.0112. The fraction of sp³-hybridized carbons (Fsp3) is 0.400. The van der Waals surface area contributed by atoms with Gasteiger partial charge in [0.1, 0.15) is 5.69 Å². The van der Waals surface area contributed by atoms with E-state index >= 15 is 0 Å². The molecule has 1 aromatic heterocycles. The highest BCUT2D eigenvalue weighted by Gasteiger charge is 2.26. The molecule has 0 saturated carbocycles. The van der Waals surface area contributed by atoms with Gasteiger partial charge in [0.15, 0.2) is 0 Å². The van der Waals surface area contributed by atoms with Crippen molar-refractivity contribution in [3.63, 3.8) is 0 Å². The van der Waals surface area contributed by atoms with Crippen LogP contribution in [0.25, 0.3) is 0 Å². The Balaban J connectivity index is 1.61. The van der Waals surface area contributed by atoms with E-state index in [4.69, 9.17) is 0 Å². The zero-order valence-electron chi connectivity index (χ0n) is 15.5. The van der Waals surface area contributed by atoms with Crippen molar-refractivity contribution in [3.8, 4) is 0 Å². The van der Waals surface area contributed by atoms with Crippen molar-refractivity contribution in [2.75, 3.05) is 26.2 Å². The Hall–Kier alpha value is -2.76. The number of amides is 2. The maximum Gasteiger partial charge on any atom is 0.274 e. The quantitative estimate of drug-likeness (QED) is 0.832. The third-order valence-electron chi connectivity index (χ3n) is 4.63. The smallest absolute Gasteiger partial charge is 0.274 e. The predicted octanol–water partition coefficient (Wildman–Crippen LogP) is 2.37. The van der Waals surface area contributed by atoms with Crippen molar-refractivity contribution >= 4 is 11.8 Å². The SMILES string of the molecule is CC(C)(C)c1ccc(C(=O)N2CCN(C(=O)c3cnccn3)CC2)cc1. The Kier molecular flexibility index (Phi) is 5.02. The minimum atomic E-state index is -0.139. The highest BCUT2D eigenvalue weighted by atomic mass is 16.2. The van der Waals surface area contributed by atoms with Crippen molar-refractivity contribution in [3.05, 3.63) is 59.7 Å². The van der Waals surface area contributed by atoms with Crippen LogP contribution in [0.3, 0.4) is 0 Å². The first-order chi connectivity index (χ1) is 12.4. The molecule has 26 heavy (non-hydrogen) atoms. The van der Waals surface area contributed by atoms with Crippen LogP contribution in [0.4, 0.5) is 0 Å². The van der Waals surface area contributed by atoms with Gasteiger partial charge >= 0.3 is 0 Å². The average molecular weight is 352 g/mol. The lowest BCUT2D eigenvalue weighted by atomic mass is 9.86. The molecule has 3 rings (SSSR count).